The zero-order valence-corrected chi connectivity index (χ0v) is 15.2. The summed E-state index contributed by atoms with van der Waals surface area (Å²) in [6.45, 7) is 9.34. The summed E-state index contributed by atoms with van der Waals surface area (Å²) in [6, 6.07) is 6.29. The van der Waals surface area contributed by atoms with Crippen molar-refractivity contribution in [3.63, 3.8) is 0 Å². The van der Waals surface area contributed by atoms with Gasteiger partial charge in [-0.3, -0.25) is 13.9 Å². The van der Waals surface area contributed by atoms with E-state index < -0.39 is 0 Å². The number of rotatable bonds is 3. The van der Waals surface area contributed by atoms with Crippen LogP contribution in [0.4, 0.5) is 11.6 Å². The van der Waals surface area contributed by atoms with Crippen molar-refractivity contribution in [3.05, 3.63) is 62.8 Å². The average Bonchev–Trinajstić information content (AvgIpc) is 3.18. The van der Waals surface area contributed by atoms with Gasteiger partial charge in [-0.1, -0.05) is 18.2 Å². The van der Waals surface area contributed by atoms with Gasteiger partial charge in [-0.2, -0.15) is 4.98 Å². The Morgan fingerprint density at radius 2 is 2.00 bits per heavy atom. The molecule has 0 atom stereocenters. The normalized spacial score (nSPS) is 13.4. The molecule has 0 amide bonds. The number of anilines is 2. The molecule has 7 heteroatoms. The van der Waals surface area contributed by atoms with Crippen LogP contribution in [0.25, 0.3) is 11.2 Å². The van der Waals surface area contributed by atoms with Gasteiger partial charge < -0.3 is 9.47 Å². The fourth-order valence-corrected chi connectivity index (χ4v) is 3.61. The maximum atomic E-state index is 12.9. The highest BCUT2D eigenvalue weighted by Gasteiger charge is 2.29. The van der Waals surface area contributed by atoms with Crippen LogP contribution in [0.2, 0.25) is 0 Å². The Kier molecular flexibility index (Phi) is 3.61. The fourth-order valence-electron chi connectivity index (χ4n) is 3.61. The van der Waals surface area contributed by atoms with Gasteiger partial charge in [0.05, 0.1) is 0 Å². The molecule has 4 rings (SSSR count). The van der Waals surface area contributed by atoms with E-state index in [1.165, 1.54) is 14.7 Å². The standard InChI is InChI=1S/C19H21N5O2/c1-5-8-24-17(25)15-16(21(4)19(24)26)20-18-22(9-10-23(15)18)14-11-12(2)6-7-13(14)3/h5-7,11H,1,8-10H2,2-4H3. The average molecular weight is 351 g/mol. The quantitative estimate of drug-likeness (QED) is 0.676. The van der Waals surface area contributed by atoms with Crippen LogP contribution in [-0.4, -0.2) is 25.2 Å². The first-order valence-electron chi connectivity index (χ1n) is 8.59. The number of hydrogen-bond acceptors (Lipinski definition) is 4. The maximum absolute atomic E-state index is 12.9. The molecule has 3 aromatic rings. The van der Waals surface area contributed by atoms with Crippen LogP contribution in [-0.2, 0) is 20.1 Å². The number of imidazole rings is 1. The lowest BCUT2D eigenvalue weighted by Crippen LogP contribution is -2.39. The van der Waals surface area contributed by atoms with Crippen molar-refractivity contribution in [2.24, 2.45) is 7.05 Å². The first-order chi connectivity index (χ1) is 12.4. The maximum Gasteiger partial charge on any atom is 0.332 e. The van der Waals surface area contributed by atoms with Crippen molar-refractivity contribution in [1.29, 1.82) is 0 Å². The number of nitrogens with zero attached hydrogens (tertiary/aromatic N) is 5. The Hall–Kier alpha value is -3.09. The number of aromatic nitrogens is 4. The van der Waals surface area contributed by atoms with E-state index in [0.717, 1.165) is 17.8 Å². The second-order valence-corrected chi connectivity index (χ2v) is 6.72. The van der Waals surface area contributed by atoms with Crippen LogP contribution in [0.5, 0.6) is 0 Å². The van der Waals surface area contributed by atoms with Gasteiger partial charge in [0.2, 0.25) is 5.95 Å². The van der Waals surface area contributed by atoms with Gasteiger partial charge in [-0.25, -0.2) is 4.79 Å². The van der Waals surface area contributed by atoms with Crippen molar-refractivity contribution in [2.45, 2.75) is 26.9 Å². The Morgan fingerprint density at radius 3 is 2.73 bits per heavy atom. The molecular weight excluding hydrogens is 330 g/mol. The van der Waals surface area contributed by atoms with E-state index in [0.29, 0.717) is 23.7 Å². The van der Waals surface area contributed by atoms with Gasteiger partial charge in [0, 0.05) is 32.4 Å². The summed E-state index contributed by atoms with van der Waals surface area (Å²) in [5.41, 5.74) is 3.59. The monoisotopic (exact) mass is 351 g/mol. The highest BCUT2D eigenvalue weighted by molar-refractivity contribution is 5.78. The molecule has 0 radical (unpaired) electrons. The van der Waals surface area contributed by atoms with Gasteiger partial charge in [0.15, 0.2) is 11.2 Å². The molecule has 7 nitrogen and oxygen atoms in total. The molecule has 1 aromatic carbocycles. The smallest absolute Gasteiger partial charge is 0.310 e. The van der Waals surface area contributed by atoms with Gasteiger partial charge >= 0.3 is 5.69 Å². The Bertz CT molecular complexity index is 1170. The van der Waals surface area contributed by atoms with Crippen LogP contribution in [0, 0.1) is 13.8 Å². The second kappa shape index (κ2) is 5.72. The molecule has 1 aliphatic heterocycles. The summed E-state index contributed by atoms with van der Waals surface area (Å²) in [7, 11) is 1.65. The van der Waals surface area contributed by atoms with E-state index in [2.05, 4.69) is 48.5 Å². The van der Waals surface area contributed by atoms with Gasteiger partial charge in [0.25, 0.3) is 5.56 Å². The van der Waals surface area contributed by atoms with E-state index in [4.69, 9.17) is 0 Å². The lowest BCUT2D eigenvalue weighted by atomic mass is 10.1. The minimum Gasteiger partial charge on any atom is -0.310 e. The van der Waals surface area contributed by atoms with Crippen LogP contribution in [0.3, 0.4) is 0 Å². The first-order valence-corrected chi connectivity index (χ1v) is 8.59. The molecule has 0 fully saturated rings. The molecule has 134 valence electrons. The van der Waals surface area contributed by atoms with Gasteiger partial charge in [-0.05, 0) is 31.0 Å². The third-order valence-corrected chi connectivity index (χ3v) is 4.97. The number of fused-ring (bicyclic) bond motifs is 3. The SMILES string of the molecule is C=CCn1c(=O)c2c(nc3n2CCN3c2cc(C)ccc2C)n(C)c1=O. The lowest BCUT2D eigenvalue weighted by molar-refractivity contribution is 0.662. The summed E-state index contributed by atoms with van der Waals surface area (Å²) in [5, 5.41) is 0. The molecule has 0 N–H and O–H groups in total. The zero-order valence-electron chi connectivity index (χ0n) is 15.2. The van der Waals surface area contributed by atoms with E-state index in [1.54, 1.807) is 13.1 Å². The molecule has 0 saturated heterocycles. The number of aryl methyl sites for hydroxylation is 3. The summed E-state index contributed by atoms with van der Waals surface area (Å²) in [6.07, 6.45) is 1.55. The summed E-state index contributed by atoms with van der Waals surface area (Å²) in [4.78, 5) is 32.2. The molecule has 0 spiro atoms. The molecule has 0 bridgehead atoms. The summed E-state index contributed by atoms with van der Waals surface area (Å²) in [5.74, 6) is 0.706. The van der Waals surface area contributed by atoms with Crippen LogP contribution in [0.15, 0.2) is 40.4 Å². The Morgan fingerprint density at radius 1 is 1.23 bits per heavy atom. The predicted molar refractivity (Wildman–Crippen MR) is 102 cm³/mol. The number of hydrogen-bond donors (Lipinski definition) is 0. The fraction of sp³-hybridized carbons (Fsp3) is 0.316. The lowest BCUT2D eigenvalue weighted by Gasteiger charge is -2.19. The van der Waals surface area contributed by atoms with Crippen molar-refractivity contribution in [1.82, 2.24) is 18.7 Å². The minimum absolute atomic E-state index is 0.183. The second-order valence-electron chi connectivity index (χ2n) is 6.72. The van der Waals surface area contributed by atoms with Crippen LogP contribution in [0.1, 0.15) is 11.1 Å². The van der Waals surface area contributed by atoms with Crippen LogP contribution < -0.4 is 16.1 Å². The van der Waals surface area contributed by atoms with Gasteiger partial charge in [-0.15, -0.1) is 6.58 Å². The molecule has 1 aliphatic rings. The molecule has 3 heterocycles. The Balaban J connectivity index is 2.00. The first kappa shape index (κ1) is 16.4. The molecule has 2 aromatic heterocycles. The minimum atomic E-state index is -0.377. The molecular formula is C19H21N5O2. The number of benzene rings is 1. The Labute approximate surface area is 150 Å². The molecule has 0 aliphatic carbocycles. The van der Waals surface area contributed by atoms with Crippen molar-refractivity contribution < 1.29 is 0 Å². The van der Waals surface area contributed by atoms with Crippen molar-refractivity contribution in [3.8, 4) is 0 Å². The van der Waals surface area contributed by atoms with E-state index in [-0.39, 0.29) is 17.8 Å². The molecule has 26 heavy (non-hydrogen) atoms. The third-order valence-electron chi connectivity index (χ3n) is 4.97. The topological polar surface area (TPSA) is 65.1 Å². The van der Waals surface area contributed by atoms with Crippen molar-refractivity contribution >= 4 is 22.8 Å². The van der Waals surface area contributed by atoms with Crippen molar-refractivity contribution in [2.75, 3.05) is 11.4 Å². The van der Waals surface area contributed by atoms with Crippen LogP contribution >= 0.6 is 0 Å². The zero-order chi connectivity index (χ0) is 18.6. The van der Waals surface area contributed by atoms with E-state index in [1.807, 2.05) is 4.57 Å². The summed E-state index contributed by atoms with van der Waals surface area (Å²) < 4.78 is 4.55. The molecule has 0 saturated carbocycles. The third kappa shape index (κ3) is 2.16. The van der Waals surface area contributed by atoms with Gasteiger partial charge in [0.1, 0.15) is 0 Å². The van der Waals surface area contributed by atoms with E-state index >= 15 is 0 Å². The van der Waals surface area contributed by atoms with E-state index in [9.17, 15) is 9.59 Å². The highest BCUT2D eigenvalue weighted by Crippen LogP contribution is 2.33. The summed E-state index contributed by atoms with van der Waals surface area (Å²) >= 11 is 0. The predicted octanol–water partition coefficient (Wildman–Crippen LogP) is 1.85. The largest absolute Gasteiger partial charge is 0.332 e. The highest BCUT2D eigenvalue weighted by atomic mass is 16.2. The molecule has 0 unspecified atom stereocenters. The number of allylic oxidation sites excluding steroid dienone is 1.